The number of carbonyl (C=O) groups excluding carboxylic acids is 1. The van der Waals surface area contributed by atoms with Crippen LogP contribution in [0.25, 0.3) is 0 Å². The maximum atomic E-state index is 13.4. The zero-order chi connectivity index (χ0) is 23.1. The van der Waals surface area contributed by atoms with E-state index in [4.69, 9.17) is 0 Å². The van der Waals surface area contributed by atoms with E-state index in [-0.39, 0.29) is 27.5 Å². The van der Waals surface area contributed by atoms with Crippen molar-refractivity contribution in [2.45, 2.75) is 74.0 Å². The fourth-order valence-electron chi connectivity index (χ4n) is 4.69. The van der Waals surface area contributed by atoms with Gasteiger partial charge in [0.15, 0.2) is 0 Å². The molecule has 4 rings (SSSR count). The van der Waals surface area contributed by atoms with Crippen LogP contribution in [0.3, 0.4) is 0 Å². The molecule has 1 amide bonds. The Hall–Kier alpha value is -1.49. The van der Waals surface area contributed by atoms with Crippen LogP contribution < -0.4 is 10.0 Å². The van der Waals surface area contributed by atoms with E-state index >= 15 is 0 Å². The summed E-state index contributed by atoms with van der Waals surface area (Å²) in [5.41, 5.74) is 1.27. The Balaban J connectivity index is 1.77. The standard InChI is InChI=1S/C22H33N3O5S2/c1-3-25(4-2)32(29,30)19-12-11-18(20(15-7-8-15)21(19)16-9-10-16)31(27,28)24-22(26)17-6-5-13-23-14-17/h11-12,15-17,23H,3-10,13-14H2,1-2H3,(H,24,26)/t17-/m1/s1. The first-order valence-corrected chi connectivity index (χ1v) is 14.6. The Morgan fingerprint density at radius 2 is 1.53 bits per heavy atom. The largest absolute Gasteiger partial charge is 0.316 e. The molecule has 0 radical (unpaired) electrons. The van der Waals surface area contributed by atoms with Crippen LogP contribution in [0.5, 0.6) is 0 Å². The molecule has 1 saturated heterocycles. The van der Waals surface area contributed by atoms with E-state index in [2.05, 4.69) is 10.0 Å². The van der Waals surface area contributed by atoms with E-state index < -0.39 is 26.0 Å². The molecule has 1 aromatic carbocycles. The van der Waals surface area contributed by atoms with Gasteiger partial charge in [-0.3, -0.25) is 4.79 Å². The van der Waals surface area contributed by atoms with Crippen LogP contribution in [0.1, 0.15) is 75.3 Å². The molecule has 0 aromatic heterocycles. The van der Waals surface area contributed by atoms with Crippen LogP contribution in [0.2, 0.25) is 0 Å². The van der Waals surface area contributed by atoms with Gasteiger partial charge in [0.2, 0.25) is 15.9 Å². The lowest BCUT2D eigenvalue weighted by atomic mass is 9.99. The third-order valence-electron chi connectivity index (χ3n) is 6.69. The van der Waals surface area contributed by atoms with Gasteiger partial charge in [-0.25, -0.2) is 21.6 Å². The fraction of sp³-hybridized carbons (Fsp3) is 0.682. The minimum atomic E-state index is -4.10. The molecule has 0 bridgehead atoms. The normalized spacial score (nSPS) is 22.2. The van der Waals surface area contributed by atoms with Crippen LogP contribution in [0, 0.1) is 5.92 Å². The zero-order valence-corrected chi connectivity index (χ0v) is 20.4. The van der Waals surface area contributed by atoms with E-state index in [1.165, 1.54) is 16.4 Å². The van der Waals surface area contributed by atoms with E-state index in [1.807, 2.05) is 0 Å². The Morgan fingerprint density at radius 1 is 0.969 bits per heavy atom. The van der Waals surface area contributed by atoms with Gasteiger partial charge in [0, 0.05) is 19.6 Å². The van der Waals surface area contributed by atoms with Gasteiger partial charge in [-0.2, -0.15) is 4.31 Å². The molecule has 2 N–H and O–H groups in total. The highest BCUT2D eigenvalue weighted by atomic mass is 32.2. The first-order valence-electron chi connectivity index (χ1n) is 11.6. The molecular weight excluding hydrogens is 450 g/mol. The molecule has 0 spiro atoms. The minimum absolute atomic E-state index is 0.0236. The van der Waals surface area contributed by atoms with Gasteiger partial charge < -0.3 is 5.32 Å². The molecule has 8 nitrogen and oxygen atoms in total. The number of hydrogen-bond acceptors (Lipinski definition) is 6. The quantitative estimate of drug-likeness (QED) is 0.557. The highest BCUT2D eigenvalue weighted by Crippen LogP contribution is 2.53. The van der Waals surface area contributed by atoms with Crippen molar-refractivity contribution >= 4 is 26.0 Å². The summed E-state index contributed by atoms with van der Waals surface area (Å²) in [4.78, 5) is 13.0. The lowest BCUT2D eigenvalue weighted by molar-refractivity contribution is -0.123. The van der Waals surface area contributed by atoms with Crippen LogP contribution in [-0.2, 0) is 24.8 Å². The first kappa shape index (κ1) is 23.7. The first-order chi connectivity index (χ1) is 15.2. The van der Waals surface area contributed by atoms with E-state index in [1.54, 1.807) is 13.8 Å². The number of nitrogens with one attached hydrogen (secondary N) is 2. The summed E-state index contributed by atoms with van der Waals surface area (Å²) in [6.45, 7) is 5.60. The second-order valence-electron chi connectivity index (χ2n) is 9.04. The molecule has 2 saturated carbocycles. The van der Waals surface area contributed by atoms with Crippen molar-refractivity contribution in [2.75, 3.05) is 26.2 Å². The van der Waals surface area contributed by atoms with Gasteiger partial charge in [-0.1, -0.05) is 13.8 Å². The van der Waals surface area contributed by atoms with Gasteiger partial charge in [0.25, 0.3) is 10.0 Å². The third kappa shape index (κ3) is 4.60. The van der Waals surface area contributed by atoms with Crippen molar-refractivity contribution < 1.29 is 21.6 Å². The van der Waals surface area contributed by atoms with Crippen LogP contribution >= 0.6 is 0 Å². The lowest BCUT2D eigenvalue weighted by Crippen LogP contribution is -2.43. The monoisotopic (exact) mass is 483 g/mol. The average Bonchev–Trinajstić information content (AvgIpc) is 3.67. The van der Waals surface area contributed by atoms with Crippen molar-refractivity contribution in [1.29, 1.82) is 0 Å². The van der Waals surface area contributed by atoms with Crippen molar-refractivity contribution in [2.24, 2.45) is 5.92 Å². The maximum absolute atomic E-state index is 13.4. The minimum Gasteiger partial charge on any atom is -0.316 e. The number of carbonyl (C=O) groups is 1. The summed E-state index contributed by atoms with van der Waals surface area (Å²) < 4.78 is 57.1. The van der Waals surface area contributed by atoms with E-state index in [0.29, 0.717) is 37.2 Å². The number of rotatable bonds is 9. The molecule has 1 atom stereocenters. The van der Waals surface area contributed by atoms with Crippen LogP contribution in [0.4, 0.5) is 0 Å². The molecular formula is C22H33N3O5S2. The van der Waals surface area contributed by atoms with Crippen molar-refractivity contribution in [3.63, 3.8) is 0 Å². The predicted molar refractivity (Wildman–Crippen MR) is 121 cm³/mol. The summed E-state index contributed by atoms with van der Waals surface area (Å²) in [5, 5.41) is 3.13. The number of hydrogen-bond donors (Lipinski definition) is 2. The molecule has 1 aliphatic heterocycles. The molecule has 2 aliphatic carbocycles. The summed E-state index contributed by atoms with van der Waals surface area (Å²) in [7, 11) is -7.83. The molecule has 1 heterocycles. The Morgan fingerprint density at radius 3 is 2.03 bits per heavy atom. The number of nitrogens with zero attached hydrogens (tertiary/aromatic N) is 1. The molecule has 3 aliphatic rings. The van der Waals surface area contributed by atoms with Gasteiger partial charge in [0.05, 0.1) is 15.7 Å². The Bertz CT molecular complexity index is 1080. The van der Waals surface area contributed by atoms with Gasteiger partial charge >= 0.3 is 0 Å². The number of amides is 1. The second kappa shape index (κ2) is 9.04. The lowest BCUT2D eigenvalue weighted by Gasteiger charge is -2.25. The van der Waals surface area contributed by atoms with Gasteiger partial charge in [-0.15, -0.1) is 0 Å². The zero-order valence-electron chi connectivity index (χ0n) is 18.8. The number of piperidine rings is 1. The van der Waals surface area contributed by atoms with Crippen molar-refractivity contribution in [3.05, 3.63) is 23.3 Å². The molecule has 0 unspecified atom stereocenters. The Kier molecular flexibility index (Phi) is 6.68. The summed E-state index contributed by atoms with van der Waals surface area (Å²) in [6, 6.07) is 2.83. The fourth-order valence-corrected chi connectivity index (χ4v) is 7.80. The molecule has 1 aromatic rings. The molecule has 3 fully saturated rings. The smallest absolute Gasteiger partial charge is 0.264 e. The van der Waals surface area contributed by atoms with Crippen LogP contribution in [0.15, 0.2) is 21.9 Å². The highest BCUT2D eigenvalue weighted by Gasteiger charge is 2.42. The highest BCUT2D eigenvalue weighted by molar-refractivity contribution is 7.90. The molecule has 178 valence electrons. The number of benzene rings is 1. The number of sulfonamides is 2. The maximum Gasteiger partial charge on any atom is 0.264 e. The van der Waals surface area contributed by atoms with E-state index in [9.17, 15) is 21.6 Å². The van der Waals surface area contributed by atoms with Crippen molar-refractivity contribution in [3.8, 4) is 0 Å². The van der Waals surface area contributed by atoms with Gasteiger partial charge in [-0.05, 0) is 80.2 Å². The summed E-state index contributed by atoms with van der Waals surface area (Å²) >= 11 is 0. The third-order valence-corrected chi connectivity index (χ3v) is 10.2. The summed E-state index contributed by atoms with van der Waals surface area (Å²) in [5.74, 6) is -0.797. The second-order valence-corrected chi connectivity index (χ2v) is 12.6. The van der Waals surface area contributed by atoms with Gasteiger partial charge in [0.1, 0.15) is 0 Å². The van der Waals surface area contributed by atoms with Crippen LogP contribution in [-0.4, -0.2) is 53.2 Å². The summed E-state index contributed by atoms with van der Waals surface area (Å²) in [6.07, 6.45) is 4.84. The van der Waals surface area contributed by atoms with Crippen molar-refractivity contribution in [1.82, 2.24) is 14.3 Å². The molecule has 10 heteroatoms. The average molecular weight is 484 g/mol. The Labute approximate surface area is 191 Å². The predicted octanol–water partition coefficient (Wildman–Crippen LogP) is 2.28. The van der Waals surface area contributed by atoms with E-state index in [0.717, 1.165) is 38.6 Å². The SMILES string of the molecule is CCN(CC)S(=O)(=O)c1ccc(S(=O)(=O)NC(=O)[C@@H]2CCCNC2)c(C2CC2)c1C1CC1. The topological polar surface area (TPSA) is 113 Å². The molecule has 32 heavy (non-hydrogen) atoms.